The standard InChI is InChI=1S/C12H24N2O2/c1-5-12(6-7-13-9-12)11(15)14(3)10(2)8-16-4/h10,13H,5-9H2,1-4H3. The molecule has 0 aliphatic carbocycles. The lowest BCUT2D eigenvalue weighted by atomic mass is 9.82. The number of likely N-dealkylation sites (N-methyl/N-ethyl adjacent to an activating group) is 1. The smallest absolute Gasteiger partial charge is 0.230 e. The fourth-order valence-electron chi connectivity index (χ4n) is 2.31. The highest BCUT2D eigenvalue weighted by Gasteiger charge is 2.41. The second kappa shape index (κ2) is 5.64. The summed E-state index contributed by atoms with van der Waals surface area (Å²) in [4.78, 5) is 14.3. The zero-order valence-electron chi connectivity index (χ0n) is 10.9. The number of methoxy groups -OCH3 is 1. The van der Waals surface area contributed by atoms with E-state index in [1.807, 2.05) is 18.9 Å². The van der Waals surface area contributed by atoms with Gasteiger partial charge in [0.1, 0.15) is 0 Å². The third kappa shape index (κ3) is 2.55. The molecule has 0 bridgehead atoms. The Kier molecular flexibility index (Phi) is 4.74. The van der Waals surface area contributed by atoms with Gasteiger partial charge in [0.15, 0.2) is 0 Å². The molecule has 16 heavy (non-hydrogen) atoms. The van der Waals surface area contributed by atoms with E-state index in [-0.39, 0.29) is 17.4 Å². The molecule has 1 aliphatic heterocycles. The van der Waals surface area contributed by atoms with Gasteiger partial charge in [0.2, 0.25) is 5.91 Å². The Morgan fingerprint density at radius 1 is 1.62 bits per heavy atom. The van der Waals surface area contributed by atoms with E-state index in [1.54, 1.807) is 7.11 Å². The molecule has 0 saturated carbocycles. The van der Waals surface area contributed by atoms with Crippen LogP contribution < -0.4 is 5.32 Å². The molecule has 2 atom stereocenters. The van der Waals surface area contributed by atoms with E-state index in [2.05, 4.69) is 12.2 Å². The number of nitrogens with zero attached hydrogens (tertiary/aromatic N) is 1. The number of hydrogen-bond acceptors (Lipinski definition) is 3. The fraction of sp³-hybridized carbons (Fsp3) is 0.917. The summed E-state index contributed by atoms with van der Waals surface area (Å²) in [6, 6.07) is 0.140. The topological polar surface area (TPSA) is 41.6 Å². The predicted molar refractivity (Wildman–Crippen MR) is 64.3 cm³/mol. The number of carbonyl (C=O) groups excluding carboxylic acids is 1. The van der Waals surface area contributed by atoms with Crippen molar-refractivity contribution in [2.24, 2.45) is 5.41 Å². The van der Waals surface area contributed by atoms with Gasteiger partial charge in [-0.1, -0.05) is 6.92 Å². The summed E-state index contributed by atoms with van der Waals surface area (Å²) in [7, 11) is 3.54. The summed E-state index contributed by atoms with van der Waals surface area (Å²) < 4.78 is 5.09. The van der Waals surface area contributed by atoms with Crippen molar-refractivity contribution in [1.82, 2.24) is 10.2 Å². The van der Waals surface area contributed by atoms with Crippen molar-refractivity contribution in [3.05, 3.63) is 0 Å². The molecule has 2 unspecified atom stereocenters. The summed E-state index contributed by atoms with van der Waals surface area (Å²) in [6.45, 7) is 6.47. The summed E-state index contributed by atoms with van der Waals surface area (Å²) >= 11 is 0. The van der Waals surface area contributed by atoms with Gasteiger partial charge >= 0.3 is 0 Å². The van der Waals surface area contributed by atoms with Crippen LogP contribution >= 0.6 is 0 Å². The van der Waals surface area contributed by atoms with Gasteiger partial charge in [-0.15, -0.1) is 0 Å². The minimum absolute atomic E-state index is 0.140. The molecule has 0 radical (unpaired) electrons. The van der Waals surface area contributed by atoms with Crippen LogP contribution in [-0.2, 0) is 9.53 Å². The lowest BCUT2D eigenvalue weighted by molar-refractivity contribution is -0.142. The largest absolute Gasteiger partial charge is 0.383 e. The van der Waals surface area contributed by atoms with Crippen molar-refractivity contribution in [3.63, 3.8) is 0 Å². The van der Waals surface area contributed by atoms with E-state index in [1.165, 1.54) is 0 Å². The maximum absolute atomic E-state index is 12.4. The second-order valence-corrected chi connectivity index (χ2v) is 4.78. The van der Waals surface area contributed by atoms with Gasteiger partial charge in [-0.3, -0.25) is 4.79 Å². The molecule has 4 heteroatoms. The Balaban J connectivity index is 2.67. The molecule has 1 saturated heterocycles. The van der Waals surface area contributed by atoms with Crippen LogP contribution in [0, 0.1) is 5.41 Å². The Hall–Kier alpha value is -0.610. The van der Waals surface area contributed by atoms with Gasteiger partial charge in [0.05, 0.1) is 18.1 Å². The van der Waals surface area contributed by atoms with Crippen LogP contribution in [0.15, 0.2) is 0 Å². The molecule has 1 fully saturated rings. The highest BCUT2D eigenvalue weighted by atomic mass is 16.5. The van der Waals surface area contributed by atoms with Crippen LogP contribution in [0.1, 0.15) is 26.7 Å². The van der Waals surface area contributed by atoms with Crippen molar-refractivity contribution < 1.29 is 9.53 Å². The van der Waals surface area contributed by atoms with Gasteiger partial charge in [0, 0.05) is 20.7 Å². The van der Waals surface area contributed by atoms with E-state index < -0.39 is 0 Å². The van der Waals surface area contributed by atoms with Gasteiger partial charge in [-0.25, -0.2) is 0 Å². The van der Waals surface area contributed by atoms with Crippen LogP contribution in [-0.4, -0.2) is 50.7 Å². The SMILES string of the molecule is CCC1(C(=O)N(C)C(C)COC)CCNC1. The van der Waals surface area contributed by atoms with E-state index in [0.29, 0.717) is 6.61 Å². The quantitative estimate of drug-likeness (QED) is 0.759. The Morgan fingerprint density at radius 2 is 2.31 bits per heavy atom. The first-order valence-electron chi connectivity index (χ1n) is 6.04. The highest BCUT2D eigenvalue weighted by Crippen LogP contribution is 2.31. The first-order valence-corrected chi connectivity index (χ1v) is 6.04. The zero-order chi connectivity index (χ0) is 12.2. The van der Waals surface area contributed by atoms with Crippen LogP contribution in [0.2, 0.25) is 0 Å². The Labute approximate surface area is 98.3 Å². The van der Waals surface area contributed by atoms with Gasteiger partial charge < -0.3 is 15.0 Å². The molecular formula is C12H24N2O2. The Bertz CT molecular complexity index is 237. The number of nitrogens with one attached hydrogen (secondary N) is 1. The normalized spacial score (nSPS) is 26.8. The molecule has 0 aromatic rings. The summed E-state index contributed by atoms with van der Waals surface area (Å²) in [5.74, 6) is 0.254. The molecule has 1 N–H and O–H groups in total. The van der Waals surface area contributed by atoms with Crippen molar-refractivity contribution in [1.29, 1.82) is 0 Å². The number of rotatable bonds is 5. The maximum Gasteiger partial charge on any atom is 0.230 e. The van der Waals surface area contributed by atoms with Crippen LogP contribution in [0.5, 0.6) is 0 Å². The third-order valence-corrected chi connectivity index (χ3v) is 3.76. The monoisotopic (exact) mass is 228 g/mol. The van der Waals surface area contributed by atoms with Crippen molar-refractivity contribution in [3.8, 4) is 0 Å². The third-order valence-electron chi connectivity index (χ3n) is 3.76. The summed E-state index contributed by atoms with van der Waals surface area (Å²) in [5.41, 5.74) is -0.184. The summed E-state index contributed by atoms with van der Waals surface area (Å²) in [5, 5.41) is 3.29. The first kappa shape index (κ1) is 13.5. The number of ether oxygens (including phenoxy) is 1. The molecule has 0 spiro atoms. The Morgan fingerprint density at radius 3 is 2.75 bits per heavy atom. The first-order chi connectivity index (χ1) is 7.57. The minimum atomic E-state index is -0.184. The zero-order valence-corrected chi connectivity index (χ0v) is 10.9. The molecular weight excluding hydrogens is 204 g/mol. The number of amides is 1. The van der Waals surface area contributed by atoms with Crippen LogP contribution in [0.25, 0.3) is 0 Å². The average Bonchev–Trinajstić information content (AvgIpc) is 2.77. The molecule has 4 nitrogen and oxygen atoms in total. The average molecular weight is 228 g/mol. The van der Waals surface area contributed by atoms with E-state index >= 15 is 0 Å². The molecule has 1 heterocycles. The second-order valence-electron chi connectivity index (χ2n) is 4.78. The molecule has 1 aliphatic rings. The van der Waals surface area contributed by atoms with E-state index in [4.69, 9.17) is 4.74 Å². The van der Waals surface area contributed by atoms with Crippen molar-refractivity contribution in [2.45, 2.75) is 32.7 Å². The van der Waals surface area contributed by atoms with E-state index in [9.17, 15) is 4.79 Å². The number of hydrogen-bond donors (Lipinski definition) is 1. The molecule has 0 aromatic heterocycles. The lowest BCUT2D eigenvalue weighted by Gasteiger charge is -2.34. The van der Waals surface area contributed by atoms with E-state index in [0.717, 1.165) is 25.9 Å². The van der Waals surface area contributed by atoms with Crippen LogP contribution in [0.4, 0.5) is 0 Å². The minimum Gasteiger partial charge on any atom is -0.383 e. The predicted octanol–water partition coefficient (Wildman–Crippen LogP) is 0.869. The van der Waals surface area contributed by atoms with Crippen molar-refractivity contribution >= 4 is 5.91 Å². The van der Waals surface area contributed by atoms with Crippen LogP contribution in [0.3, 0.4) is 0 Å². The molecule has 1 amide bonds. The van der Waals surface area contributed by atoms with Gasteiger partial charge in [0.25, 0.3) is 0 Å². The molecule has 1 rings (SSSR count). The molecule has 94 valence electrons. The summed E-state index contributed by atoms with van der Waals surface area (Å²) in [6.07, 6.45) is 1.86. The maximum atomic E-state index is 12.4. The van der Waals surface area contributed by atoms with Gasteiger partial charge in [-0.2, -0.15) is 0 Å². The van der Waals surface area contributed by atoms with Gasteiger partial charge in [-0.05, 0) is 26.3 Å². The molecule has 0 aromatic carbocycles. The van der Waals surface area contributed by atoms with Crippen molar-refractivity contribution in [2.75, 3.05) is 33.9 Å². The highest BCUT2D eigenvalue weighted by molar-refractivity contribution is 5.83. The lowest BCUT2D eigenvalue weighted by Crippen LogP contribution is -2.48. The fourth-order valence-corrected chi connectivity index (χ4v) is 2.31. The number of carbonyl (C=O) groups is 1.